The number of nitrogens with zero attached hydrogens (tertiary/aromatic N) is 2. The zero-order chi connectivity index (χ0) is 12.3. The summed E-state index contributed by atoms with van der Waals surface area (Å²) in [5.41, 5.74) is -0.108. The number of aromatic nitrogens is 2. The lowest BCUT2D eigenvalue weighted by Gasteiger charge is -2.42. The van der Waals surface area contributed by atoms with Crippen LogP contribution in [0, 0.1) is 0 Å². The molecule has 2 rings (SSSR count). The highest BCUT2D eigenvalue weighted by Crippen LogP contribution is 2.38. The topological polar surface area (TPSA) is 47.0 Å². The second kappa shape index (κ2) is 5.42. The molecule has 1 atom stereocenters. The molecule has 1 N–H and O–H groups in total. The van der Waals surface area contributed by atoms with E-state index in [1.54, 1.807) is 11.3 Å². The molecule has 0 amide bonds. The van der Waals surface area contributed by atoms with Crippen LogP contribution < -0.4 is 5.32 Å². The van der Waals surface area contributed by atoms with Gasteiger partial charge in [-0.15, -0.1) is 10.2 Å². The second-order valence-corrected chi connectivity index (χ2v) is 5.49. The van der Waals surface area contributed by atoms with E-state index in [2.05, 4.69) is 36.3 Å². The molecule has 0 spiro atoms. The summed E-state index contributed by atoms with van der Waals surface area (Å²) in [7, 11) is 0. The Morgan fingerprint density at radius 2 is 2.12 bits per heavy atom. The molecule has 0 saturated carbocycles. The third kappa shape index (κ3) is 2.37. The first-order chi connectivity index (χ1) is 8.25. The fourth-order valence-corrected chi connectivity index (χ4v) is 3.39. The number of ether oxygens (including phenoxy) is 1. The summed E-state index contributed by atoms with van der Waals surface area (Å²) in [6, 6.07) is 0.198. The van der Waals surface area contributed by atoms with Crippen LogP contribution in [0.5, 0.6) is 0 Å². The monoisotopic (exact) mass is 255 g/mol. The average Bonchev–Trinajstić information content (AvgIpc) is 2.87. The van der Waals surface area contributed by atoms with Crippen LogP contribution in [0.4, 0.5) is 0 Å². The molecule has 1 saturated heterocycles. The second-order valence-electron chi connectivity index (χ2n) is 4.40. The Kier molecular flexibility index (Phi) is 4.12. The van der Waals surface area contributed by atoms with Gasteiger partial charge in [0.1, 0.15) is 10.0 Å². The van der Waals surface area contributed by atoms with Crippen molar-refractivity contribution in [1.82, 2.24) is 15.5 Å². The molecular formula is C12H21N3OS. The number of hydrogen-bond acceptors (Lipinski definition) is 5. The number of aryl methyl sites for hydroxylation is 1. The Hall–Kier alpha value is -0.520. The van der Waals surface area contributed by atoms with E-state index in [4.69, 9.17) is 4.74 Å². The highest BCUT2D eigenvalue weighted by molar-refractivity contribution is 7.11. The van der Waals surface area contributed by atoms with Gasteiger partial charge in [0.25, 0.3) is 0 Å². The molecule has 5 heteroatoms. The van der Waals surface area contributed by atoms with Crippen LogP contribution in [0.25, 0.3) is 0 Å². The van der Waals surface area contributed by atoms with Gasteiger partial charge in [-0.25, -0.2) is 0 Å². The minimum Gasteiger partial charge on any atom is -0.372 e. The quantitative estimate of drug-likeness (QED) is 0.897. The van der Waals surface area contributed by atoms with Crippen LogP contribution >= 0.6 is 11.3 Å². The molecule has 0 radical (unpaired) electrons. The van der Waals surface area contributed by atoms with Crippen molar-refractivity contribution in [3.05, 3.63) is 10.0 Å². The molecule has 1 fully saturated rings. The summed E-state index contributed by atoms with van der Waals surface area (Å²) in [6.07, 6.45) is 2.96. The molecule has 1 unspecified atom stereocenters. The Bertz CT molecular complexity index is 362. The number of morpholine rings is 1. The fourth-order valence-electron chi connectivity index (χ4n) is 2.43. The van der Waals surface area contributed by atoms with E-state index in [0.717, 1.165) is 42.4 Å². The van der Waals surface area contributed by atoms with Crippen molar-refractivity contribution in [3.63, 3.8) is 0 Å². The number of nitrogens with one attached hydrogen (secondary N) is 1. The van der Waals surface area contributed by atoms with Gasteiger partial charge in [0, 0.05) is 6.54 Å². The van der Waals surface area contributed by atoms with Crippen LogP contribution in [-0.2, 0) is 11.2 Å². The Labute approximate surface area is 107 Å². The molecule has 0 aromatic carbocycles. The molecule has 1 aliphatic heterocycles. The van der Waals surface area contributed by atoms with E-state index in [0.29, 0.717) is 0 Å². The summed E-state index contributed by atoms with van der Waals surface area (Å²) < 4.78 is 6.05. The lowest BCUT2D eigenvalue weighted by molar-refractivity contribution is -0.103. The number of hydrogen-bond donors (Lipinski definition) is 1. The van der Waals surface area contributed by atoms with E-state index in [1.165, 1.54) is 0 Å². The predicted molar refractivity (Wildman–Crippen MR) is 69.3 cm³/mol. The van der Waals surface area contributed by atoms with E-state index >= 15 is 0 Å². The summed E-state index contributed by atoms with van der Waals surface area (Å²) in [6.45, 7) is 8.17. The normalized spacial score (nSPS) is 23.8. The molecule has 1 aromatic heterocycles. The van der Waals surface area contributed by atoms with Crippen molar-refractivity contribution in [1.29, 1.82) is 0 Å². The standard InChI is InChI=1S/C12H21N3OS/c1-4-9-14-15-11(17-9)10-12(5-2,6-3)16-8-7-13-10/h10,13H,4-8H2,1-3H3. The highest BCUT2D eigenvalue weighted by Gasteiger charge is 2.41. The molecule has 0 aliphatic carbocycles. The van der Waals surface area contributed by atoms with Gasteiger partial charge in [0.15, 0.2) is 0 Å². The van der Waals surface area contributed by atoms with Crippen molar-refractivity contribution in [2.75, 3.05) is 13.2 Å². The first-order valence-electron chi connectivity index (χ1n) is 6.45. The SMILES string of the molecule is CCc1nnc(C2NCCOC2(CC)CC)s1. The van der Waals surface area contributed by atoms with Gasteiger partial charge in [-0.2, -0.15) is 0 Å². The van der Waals surface area contributed by atoms with Gasteiger partial charge in [-0.05, 0) is 19.3 Å². The zero-order valence-corrected chi connectivity index (χ0v) is 11.6. The molecule has 0 bridgehead atoms. The van der Waals surface area contributed by atoms with Crippen LogP contribution in [-0.4, -0.2) is 29.0 Å². The first kappa shape index (κ1) is 12.9. The van der Waals surface area contributed by atoms with Crippen molar-refractivity contribution in [3.8, 4) is 0 Å². The van der Waals surface area contributed by atoms with Crippen LogP contribution in [0.3, 0.4) is 0 Å². The number of rotatable bonds is 4. The minimum absolute atomic E-state index is 0.108. The van der Waals surface area contributed by atoms with Gasteiger partial charge in [-0.1, -0.05) is 32.1 Å². The summed E-state index contributed by atoms with van der Waals surface area (Å²) in [5.74, 6) is 0. The third-order valence-corrected chi connectivity index (χ3v) is 4.73. The molecule has 96 valence electrons. The lowest BCUT2D eigenvalue weighted by atomic mass is 9.87. The van der Waals surface area contributed by atoms with Crippen molar-refractivity contribution in [2.45, 2.75) is 51.7 Å². The summed E-state index contributed by atoms with van der Waals surface area (Å²) >= 11 is 1.71. The molecule has 17 heavy (non-hydrogen) atoms. The van der Waals surface area contributed by atoms with Crippen molar-refractivity contribution >= 4 is 11.3 Å². The van der Waals surface area contributed by atoms with E-state index in [1.807, 2.05) is 0 Å². The molecule has 1 aromatic rings. The maximum atomic E-state index is 6.05. The largest absolute Gasteiger partial charge is 0.372 e. The Balaban J connectivity index is 2.26. The van der Waals surface area contributed by atoms with Crippen molar-refractivity contribution in [2.24, 2.45) is 0 Å². The third-order valence-electron chi connectivity index (χ3n) is 3.59. The van der Waals surface area contributed by atoms with Gasteiger partial charge in [0.2, 0.25) is 0 Å². The molecular weight excluding hydrogens is 234 g/mol. The molecule has 1 aliphatic rings. The van der Waals surface area contributed by atoms with Crippen LogP contribution in [0.2, 0.25) is 0 Å². The van der Waals surface area contributed by atoms with Gasteiger partial charge < -0.3 is 10.1 Å². The maximum absolute atomic E-state index is 6.05. The van der Waals surface area contributed by atoms with E-state index in [9.17, 15) is 0 Å². The smallest absolute Gasteiger partial charge is 0.137 e. The Morgan fingerprint density at radius 1 is 1.35 bits per heavy atom. The Morgan fingerprint density at radius 3 is 2.71 bits per heavy atom. The van der Waals surface area contributed by atoms with Crippen LogP contribution in [0.15, 0.2) is 0 Å². The van der Waals surface area contributed by atoms with Crippen LogP contribution in [0.1, 0.15) is 49.7 Å². The van der Waals surface area contributed by atoms with Crippen molar-refractivity contribution < 1.29 is 4.74 Å². The summed E-state index contributed by atoms with van der Waals surface area (Å²) in [5, 5.41) is 14.3. The predicted octanol–water partition coefficient (Wildman–Crippen LogP) is 2.32. The zero-order valence-electron chi connectivity index (χ0n) is 10.8. The van der Waals surface area contributed by atoms with Gasteiger partial charge in [0.05, 0.1) is 18.2 Å². The molecule has 4 nitrogen and oxygen atoms in total. The fraction of sp³-hybridized carbons (Fsp3) is 0.833. The highest BCUT2D eigenvalue weighted by atomic mass is 32.1. The minimum atomic E-state index is -0.108. The summed E-state index contributed by atoms with van der Waals surface area (Å²) in [4.78, 5) is 0. The van der Waals surface area contributed by atoms with Gasteiger partial charge in [-0.3, -0.25) is 0 Å². The first-order valence-corrected chi connectivity index (χ1v) is 7.27. The van der Waals surface area contributed by atoms with E-state index in [-0.39, 0.29) is 11.6 Å². The van der Waals surface area contributed by atoms with Gasteiger partial charge >= 0.3 is 0 Å². The lowest BCUT2D eigenvalue weighted by Crippen LogP contribution is -2.51. The maximum Gasteiger partial charge on any atom is 0.137 e. The molecule has 2 heterocycles. The average molecular weight is 255 g/mol. The van der Waals surface area contributed by atoms with E-state index < -0.39 is 0 Å².